The summed E-state index contributed by atoms with van der Waals surface area (Å²) < 4.78 is 0. The molecule has 0 atom stereocenters. The summed E-state index contributed by atoms with van der Waals surface area (Å²) in [5.74, 6) is -0.267. The number of benzene rings is 2. The Bertz CT molecular complexity index is 973. The number of nitrogens with zero attached hydrogens (tertiary/aromatic N) is 1. The highest BCUT2D eigenvalue weighted by Crippen LogP contribution is 2.33. The Morgan fingerprint density at radius 3 is 2.23 bits per heavy atom. The van der Waals surface area contributed by atoms with Gasteiger partial charge in [0.25, 0.3) is 0 Å². The molecule has 0 radical (unpaired) electrons. The quantitative estimate of drug-likeness (QED) is 0.464. The van der Waals surface area contributed by atoms with Crippen LogP contribution in [0.25, 0.3) is 28.0 Å². The average Bonchev–Trinajstić information content (AvgIpc) is 2.68. The zero-order chi connectivity index (χ0) is 18.5. The molecule has 2 aromatic carbocycles. The molecule has 0 aliphatic rings. The van der Waals surface area contributed by atoms with Gasteiger partial charge in [0, 0.05) is 5.56 Å². The maximum Gasteiger partial charge on any atom is 0.158 e. The summed E-state index contributed by atoms with van der Waals surface area (Å²) in [5.41, 5.74) is 5.50. The molecule has 0 unspecified atom stereocenters. The van der Waals surface area contributed by atoms with Gasteiger partial charge in [-0.1, -0.05) is 54.6 Å². The standard InChI is InChI=1S/C23H21NO2/c1-3-8-16(4-2)20-13-19(18-11-12-22(25)23(26)15-18)14-21(24-20)17-9-6-5-7-10-17/h3-15,25-26H,1-2H3/b8-3-,16-4+. The number of allylic oxidation sites excluding steroid dienone is 4. The van der Waals surface area contributed by atoms with Crippen molar-refractivity contribution < 1.29 is 10.2 Å². The van der Waals surface area contributed by atoms with Crippen molar-refractivity contribution in [2.24, 2.45) is 0 Å². The molecule has 0 aliphatic heterocycles. The lowest BCUT2D eigenvalue weighted by Crippen LogP contribution is -1.93. The highest BCUT2D eigenvalue weighted by Gasteiger charge is 2.10. The van der Waals surface area contributed by atoms with Crippen LogP contribution in [0.15, 0.2) is 78.9 Å². The molecule has 1 heterocycles. The van der Waals surface area contributed by atoms with Gasteiger partial charge in [0.05, 0.1) is 11.4 Å². The molecule has 130 valence electrons. The summed E-state index contributed by atoms with van der Waals surface area (Å²) in [7, 11) is 0. The molecule has 26 heavy (non-hydrogen) atoms. The Morgan fingerprint density at radius 2 is 1.58 bits per heavy atom. The Hall–Kier alpha value is -3.33. The zero-order valence-electron chi connectivity index (χ0n) is 14.8. The molecule has 3 rings (SSSR count). The molecule has 2 N–H and O–H groups in total. The van der Waals surface area contributed by atoms with E-state index in [1.165, 1.54) is 6.07 Å². The Labute approximate surface area is 153 Å². The van der Waals surface area contributed by atoms with Crippen LogP contribution in [0.2, 0.25) is 0 Å². The molecule has 0 aliphatic carbocycles. The second-order valence-electron chi connectivity index (χ2n) is 5.94. The fourth-order valence-corrected chi connectivity index (χ4v) is 2.81. The lowest BCUT2D eigenvalue weighted by molar-refractivity contribution is 0.404. The Morgan fingerprint density at radius 1 is 0.808 bits per heavy atom. The minimum absolute atomic E-state index is 0.130. The summed E-state index contributed by atoms with van der Waals surface area (Å²) in [6.07, 6.45) is 6.03. The molecule has 3 aromatic rings. The molecule has 0 saturated carbocycles. The average molecular weight is 343 g/mol. The van der Waals surface area contributed by atoms with Crippen LogP contribution in [-0.4, -0.2) is 15.2 Å². The molecule has 3 heteroatoms. The summed E-state index contributed by atoms with van der Waals surface area (Å²) in [5, 5.41) is 19.5. The number of pyridine rings is 1. The van der Waals surface area contributed by atoms with E-state index in [1.54, 1.807) is 12.1 Å². The smallest absolute Gasteiger partial charge is 0.158 e. The van der Waals surface area contributed by atoms with E-state index in [2.05, 4.69) is 0 Å². The van der Waals surface area contributed by atoms with Crippen LogP contribution in [0.3, 0.4) is 0 Å². The number of aromatic hydroxyl groups is 2. The SMILES string of the molecule is C/C=C\C(=C/C)c1cc(-c2ccc(O)c(O)c2)cc(-c2ccccc2)n1. The van der Waals surface area contributed by atoms with Gasteiger partial charge < -0.3 is 10.2 Å². The van der Waals surface area contributed by atoms with Crippen LogP contribution in [0, 0.1) is 0 Å². The lowest BCUT2D eigenvalue weighted by Gasteiger charge is -2.11. The van der Waals surface area contributed by atoms with E-state index in [0.29, 0.717) is 0 Å². The van der Waals surface area contributed by atoms with Crippen LogP contribution in [0.4, 0.5) is 0 Å². The first kappa shape index (κ1) is 17.5. The van der Waals surface area contributed by atoms with Crippen molar-refractivity contribution in [2.45, 2.75) is 13.8 Å². The molecular formula is C23H21NO2. The van der Waals surface area contributed by atoms with E-state index in [0.717, 1.165) is 33.7 Å². The molecule has 0 bridgehead atoms. The van der Waals surface area contributed by atoms with Crippen molar-refractivity contribution in [3.8, 4) is 33.9 Å². The third-order valence-corrected chi connectivity index (χ3v) is 4.16. The first-order valence-electron chi connectivity index (χ1n) is 8.51. The van der Waals surface area contributed by atoms with Crippen molar-refractivity contribution in [3.05, 3.63) is 84.6 Å². The van der Waals surface area contributed by atoms with Crippen molar-refractivity contribution in [1.82, 2.24) is 4.98 Å². The predicted molar refractivity (Wildman–Crippen MR) is 107 cm³/mol. The molecule has 0 amide bonds. The van der Waals surface area contributed by atoms with Crippen molar-refractivity contribution in [2.75, 3.05) is 0 Å². The minimum atomic E-state index is -0.137. The van der Waals surface area contributed by atoms with E-state index < -0.39 is 0 Å². The molecule has 0 fully saturated rings. The molecular weight excluding hydrogens is 322 g/mol. The van der Waals surface area contributed by atoms with Gasteiger partial charge >= 0.3 is 0 Å². The highest BCUT2D eigenvalue weighted by atomic mass is 16.3. The maximum atomic E-state index is 9.87. The number of hydrogen-bond acceptors (Lipinski definition) is 3. The van der Waals surface area contributed by atoms with E-state index in [-0.39, 0.29) is 11.5 Å². The second-order valence-corrected chi connectivity index (χ2v) is 5.94. The van der Waals surface area contributed by atoms with Gasteiger partial charge in [-0.05, 0) is 54.8 Å². The Kier molecular flexibility index (Phi) is 5.18. The monoisotopic (exact) mass is 343 g/mol. The number of phenolic OH excluding ortho intramolecular Hbond substituents is 2. The first-order valence-corrected chi connectivity index (χ1v) is 8.51. The Balaban J connectivity index is 2.21. The highest BCUT2D eigenvalue weighted by molar-refractivity contribution is 5.79. The lowest BCUT2D eigenvalue weighted by atomic mass is 9.99. The minimum Gasteiger partial charge on any atom is -0.504 e. The first-order chi connectivity index (χ1) is 12.6. The van der Waals surface area contributed by atoms with Crippen LogP contribution in [0.1, 0.15) is 19.5 Å². The van der Waals surface area contributed by atoms with Crippen molar-refractivity contribution in [3.63, 3.8) is 0 Å². The number of phenols is 2. The van der Waals surface area contributed by atoms with E-state index in [9.17, 15) is 10.2 Å². The molecule has 3 nitrogen and oxygen atoms in total. The van der Waals surface area contributed by atoms with Crippen molar-refractivity contribution >= 4 is 5.57 Å². The van der Waals surface area contributed by atoms with E-state index in [4.69, 9.17) is 4.98 Å². The maximum absolute atomic E-state index is 9.87. The van der Waals surface area contributed by atoms with Gasteiger partial charge in [-0.2, -0.15) is 0 Å². The van der Waals surface area contributed by atoms with Crippen LogP contribution < -0.4 is 0 Å². The van der Waals surface area contributed by atoms with Gasteiger partial charge in [-0.3, -0.25) is 0 Å². The summed E-state index contributed by atoms with van der Waals surface area (Å²) in [6, 6.07) is 18.8. The fraction of sp³-hybridized carbons (Fsp3) is 0.0870. The van der Waals surface area contributed by atoms with Crippen molar-refractivity contribution in [1.29, 1.82) is 0 Å². The van der Waals surface area contributed by atoms with Crippen LogP contribution >= 0.6 is 0 Å². The van der Waals surface area contributed by atoms with Gasteiger partial charge in [0.15, 0.2) is 11.5 Å². The second kappa shape index (κ2) is 7.70. The third-order valence-electron chi connectivity index (χ3n) is 4.16. The normalized spacial score (nSPS) is 11.8. The molecule has 1 aromatic heterocycles. The predicted octanol–water partition coefficient (Wildman–Crippen LogP) is 5.81. The van der Waals surface area contributed by atoms with Gasteiger partial charge in [-0.25, -0.2) is 4.98 Å². The summed E-state index contributed by atoms with van der Waals surface area (Å²) in [6.45, 7) is 3.96. The van der Waals surface area contributed by atoms with Gasteiger partial charge in [-0.15, -0.1) is 0 Å². The van der Waals surface area contributed by atoms with E-state index >= 15 is 0 Å². The van der Waals surface area contributed by atoms with Gasteiger partial charge in [0.1, 0.15) is 0 Å². The third kappa shape index (κ3) is 3.67. The van der Waals surface area contributed by atoms with E-state index in [1.807, 2.05) is 74.5 Å². The summed E-state index contributed by atoms with van der Waals surface area (Å²) in [4.78, 5) is 4.83. The van der Waals surface area contributed by atoms with Gasteiger partial charge in [0.2, 0.25) is 0 Å². The largest absolute Gasteiger partial charge is 0.504 e. The number of aromatic nitrogens is 1. The fourth-order valence-electron chi connectivity index (χ4n) is 2.81. The number of rotatable bonds is 4. The number of hydrogen-bond donors (Lipinski definition) is 2. The zero-order valence-corrected chi connectivity index (χ0v) is 14.8. The van der Waals surface area contributed by atoms with Crippen LogP contribution in [0.5, 0.6) is 11.5 Å². The van der Waals surface area contributed by atoms with Crippen LogP contribution in [-0.2, 0) is 0 Å². The topological polar surface area (TPSA) is 53.4 Å². The summed E-state index contributed by atoms with van der Waals surface area (Å²) >= 11 is 0. The molecule has 0 spiro atoms. The molecule has 0 saturated heterocycles.